The molecule has 0 aromatic heterocycles. The van der Waals surface area contributed by atoms with Gasteiger partial charge in [0.15, 0.2) is 0 Å². The van der Waals surface area contributed by atoms with E-state index in [4.69, 9.17) is 0 Å². The van der Waals surface area contributed by atoms with Crippen LogP contribution in [0.3, 0.4) is 0 Å². The minimum atomic E-state index is 1.03. The van der Waals surface area contributed by atoms with E-state index in [0.29, 0.717) is 0 Å². The molecule has 0 aromatic carbocycles. The summed E-state index contributed by atoms with van der Waals surface area (Å²) in [7, 11) is 0. The Morgan fingerprint density at radius 1 is 1.21 bits per heavy atom. The van der Waals surface area contributed by atoms with Gasteiger partial charge in [0.2, 0.25) is 0 Å². The molecule has 0 aliphatic heterocycles. The van der Waals surface area contributed by atoms with Crippen molar-refractivity contribution in [2.75, 3.05) is 0 Å². The van der Waals surface area contributed by atoms with Gasteiger partial charge in [-0.2, -0.15) is 0 Å². The average Bonchev–Trinajstić information content (AvgIpc) is 2.25. The molecule has 1 saturated carbocycles. The molecule has 1 unspecified atom stereocenters. The first-order valence-corrected chi connectivity index (χ1v) is 6.68. The first-order chi connectivity index (χ1) is 6.86. The van der Waals surface area contributed by atoms with Crippen LogP contribution in [-0.4, -0.2) is 0 Å². The summed E-state index contributed by atoms with van der Waals surface area (Å²) < 4.78 is 0. The van der Waals surface area contributed by atoms with Crippen molar-refractivity contribution >= 4 is 0 Å². The fraction of sp³-hybridized carbons (Fsp3) is 0.929. The van der Waals surface area contributed by atoms with Crippen molar-refractivity contribution in [2.45, 2.75) is 71.6 Å². The summed E-state index contributed by atoms with van der Waals surface area (Å²) in [5.41, 5.74) is 0. The minimum Gasteiger partial charge on any atom is -0.0654 e. The van der Waals surface area contributed by atoms with Gasteiger partial charge >= 0.3 is 0 Å². The molecule has 1 fully saturated rings. The Hall–Kier alpha value is 0. The van der Waals surface area contributed by atoms with Gasteiger partial charge in [-0.1, -0.05) is 52.4 Å². The lowest BCUT2D eigenvalue weighted by Crippen LogP contribution is -2.12. The summed E-state index contributed by atoms with van der Waals surface area (Å²) in [6.07, 6.45) is 15.4. The highest BCUT2D eigenvalue weighted by molar-refractivity contribution is 4.78. The van der Waals surface area contributed by atoms with Gasteiger partial charge < -0.3 is 0 Å². The van der Waals surface area contributed by atoms with Gasteiger partial charge in [-0.3, -0.25) is 0 Å². The maximum absolute atomic E-state index is 2.48. The summed E-state index contributed by atoms with van der Waals surface area (Å²) in [4.78, 5) is 0. The summed E-state index contributed by atoms with van der Waals surface area (Å²) in [6.45, 7) is 4.68. The second kappa shape index (κ2) is 7.31. The molecule has 1 aliphatic carbocycles. The van der Waals surface area contributed by atoms with Gasteiger partial charge in [0, 0.05) is 0 Å². The largest absolute Gasteiger partial charge is 0.0654 e. The lowest BCUT2D eigenvalue weighted by molar-refractivity contribution is 0.292. The quantitative estimate of drug-likeness (QED) is 0.560. The van der Waals surface area contributed by atoms with Crippen LogP contribution in [0.1, 0.15) is 71.6 Å². The van der Waals surface area contributed by atoms with E-state index in [0.717, 1.165) is 11.8 Å². The predicted molar refractivity (Wildman–Crippen MR) is 64.2 cm³/mol. The molecule has 1 radical (unpaired) electrons. The Morgan fingerprint density at radius 3 is 2.50 bits per heavy atom. The number of rotatable bonds is 6. The highest BCUT2D eigenvalue weighted by Gasteiger charge is 2.17. The van der Waals surface area contributed by atoms with Gasteiger partial charge in [0.05, 0.1) is 0 Å². The highest BCUT2D eigenvalue weighted by atomic mass is 14.2. The molecule has 14 heavy (non-hydrogen) atoms. The zero-order valence-corrected chi connectivity index (χ0v) is 10.1. The first-order valence-electron chi connectivity index (χ1n) is 6.68. The fourth-order valence-corrected chi connectivity index (χ4v) is 2.68. The second-order valence-corrected chi connectivity index (χ2v) is 4.96. The summed E-state index contributed by atoms with van der Waals surface area (Å²) in [5, 5.41) is 0. The third-order valence-corrected chi connectivity index (χ3v) is 3.77. The highest BCUT2D eigenvalue weighted by Crippen LogP contribution is 2.31. The Bertz CT molecular complexity index is 122. The van der Waals surface area contributed by atoms with Crippen molar-refractivity contribution in [1.82, 2.24) is 0 Å². The minimum absolute atomic E-state index is 1.03. The molecule has 0 bridgehead atoms. The van der Waals surface area contributed by atoms with Crippen molar-refractivity contribution < 1.29 is 0 Å². The third kappa shape index (κ3) is 4.48. The molecule has 0 heterocycles. The van der Waals surface area contributed by atoms with Gasteiger partial charge in [0.1, 0.15) is 0 Å². The van der Waals surface area contributed by atoms with Crippen LogP contribution in [0, 0.1) is 18.3 Å². The zero-order chi connectivity index (χ0) is 10.2. The standard InChI is InChI=1S/C14H27/c1-3-5-9-13(4-2)12-14-10-7-6-8-11-14/h6,13-14H,3-5,7-12H2,1-2H3. The third-order valence-electron chi connectivity index (χ3n) is 3.77. The van der Waals surface area contributed by atoms with Gasteiger partial charge in [-0.05, 0) is 37.5 Å². The molecule has 0 aromatic rings. The summed E-state index contributed by atoms with van der Waals surface area (Å²) in [5.74, 6) is 2.08. The SMILES string of the molecule is CCCCC(CC)CC1CC[CH]CC1. The van der Waals surface area contributed by atoms with Crippen LogP contribution in [0.25, 0.3) is 0 Å². The van der Waals surface area contributed by atoms with Crippen LogP contribution < -0.4 is 0 Å². The smallest absolute Gasteiger partial charge is 0.0386 e. The van der Waals surface area contributed by atoms with E-state index in [1.54, 1.807) is 0 Å². The predicted octanol–water partition coefficient (Wildman–Crippen LogP) is 4.99. The Labute approximate surface area is 90.5 Å². The van der Waals surface area contributed by atoms with E-state index >= 15 is 0 Å². The maximum atomic E-state index is 2.48. The van der Waals surface area contributed by atoms with Crippen LogP contribution in [0.15, 0.2) is 0 Å². The van der Waals surface area contributed by atoms with Crippen LogP contribution in [0.5, 0.6) is 0 Å². The maximum Gasteiger partial charge on any atom is -0.0386 e. The Morgan fingerprint density at radius 2 is 1.93 bits per heavy atom. The molecule has 83 valence electrons. The van der Waals surface area contributed by atoms with E-state index in [1.165, 1.54) is 57.8 Å². The molecule has 1 atom stereocenters. The van der Waals surface area contributed by atoms with Crippen LogP contribution in [0.4, 0.5) is 0 Å². The van der Waals surface area contributed by atoms with Gasteiger partial charge in [0.25, 0.3) is 0 Å². The summed E-state index contributed by atoms with van der Waals surface area (Å²) in [6, 6.07) is 0. The topological polar surface area (TPSA) is 0 Å². The van der Waals surface area contributed by atoms with E-state index in [9.17, 15) is 0 Å². The van der Waals surface area contributed by atoms with Crippen molar-refractivity contribution in [2.24, 2.45) is 11.8 Å². The number of hydrogen-bond donors (Lipinski definition) is 0. The van der Waals surface area contributed by atoms with Gasteiger partial charge in [-0.25, -0.2) is 0 Å². The van der Waals surface area contributed by atoms with Crippen molar-refractivity contribution in [3.63, 3.8) is 0 Å². The second-order valence-electron chi connectivity index (χ2n) is 4.96. The Kier molecular flexibility index (Phi) is 6.31. The molecule has 0 spiro atoms. The molecular formula is C14H27. The number of unbranched alkanes of at least 4 members (excludes halogenated alkanes) is 1. The molecule has 1 aliphatic rings. The first kappa shape index (κ1) is 12.1. The molecular weight excluding hydrogens is 168 g/mol. The summed E-state index contributed by atoms with van der Waals surface area (Å²) >= 11 is 0. The fourth-order valence-electron chi connectivity index (χ4n) is 2.68. The van der Waals surface area contributed by atoms with Crippen molar-refractivity contribution in [3.05, 3.63) is 6.42 Å². The molecule has 0 heteroatoms. The lowest BCUT2D eigenvalue weighted by Gasteiger charge is -2.25. The van der Waals surface area contributed by atoms with E-state index < -0.39 is 0 Å². The van der Waals surface area contributed by atoms with Crippen LogP contribution in [0.2, 0.25) is 0 Å². The number of hydrogen-bond acceptors (Lipinski definition) is 0. The van der Waals surface area contributed by atoms with Gasteiger partial charge in [-0.15, -0.1) is 0 Å². The molecule has 0 nitrogen and oxygen atoms in total. The van der Waals surface area contributed by atoms with Crippen LogP contribution in [-0.2, 0) is 0 Å². The molecule has 0 amide bonds. The average molecular weight is 195 g/mol. The molecule has 1 rings (SSSR count). The lowest BCUT2D eigenvalue weighted by atomic mass is 9.80. The van der Waals surface area contributed by atoms with E-state index in [-0.39, 0.29) is 0 Å². The Balaban J connectivity index is 2.16. The zero-order valence-electron chi connectivity index (χ0n) is 10.1. The molecule has 0 saturated heterocycles. The van der Waals surface area contributed by atoms with Crippen molar-refractivity contribution in [1.29, 1.82) is 0 Å². The molecule has 0 N–H and O–H groups in total. The van der Waals surface area contributed by atoms with E-state index in [2.05, 4.69) is 20.3 Å². The van der Waals surface area contributed by atoms with Crippen molar-refractivity contribution in [3.8, 4) is 0 Å². The van der Waals surface area contributed by atoms with E-state index in [1.807, 2.05) is 0 Å². The monoisotopic (exact) mass is 195 g/mol. The van der Waals surface area contributed by atoms with Crippen LogP contribution >= 0.6 is 0 Å². The normalized spacial score (nSPS) is 21.0.